The molecule has 1 aliphatic heterocycles. The van der Waals surface area contributed by atoms with Crippen molar-refractivity contribution in [3.05, 3.63) is 47.0 Å². The van der Waals surface area contributed by atoms with E-state index in [9.17, 15) is 4.79 Å². The standard InChI is InChI=1S/C19H27N5O/c1-5-14(2)24-11-9-16-17(13-24)23(4)21-18(16)19(25)22(3)12-15-8-6-7-10-20-15/h6-8,10,14H,5,9,11-13H2,1-4H3. The van der Waals surface area contributed by atoms with E-state index >= 15 is 0 Å². The van der Waals surface area contributed by atoms with E-state index in [-0.39, 0.29) is 5.91 Å². The highest BCUT2D eigenvalue weighted by Crippen LogP contribution is 2.25. The number of aryl methyl sites for hydroxylation is 1. The molecule has 2 aromatic heterocycles. The van der Waals surface area contributed by atoms with Gasteiger partial charge in [0.05, 0.1) is 17.9 Å². The topological polar surface area (TPSA) is 54.3 Å². The van der Waals surface area contributed by atoms with Crippen molar-refractivity contribution in [2.45, 2.75) is 45.8 Å². The number of fused-ring (bicyclic) bond motifs is 1. The molecule has 0 radical (unpaired) electrons. The third-order valence-electron chi connectivity index (χ3n) is 5.17. The predicted octanol–water partition coefficient (Wildman–Crippen LogP) is 2.24. The normalized spacial score (nSPS) is 15.7. The van der Waals surface area contributed by atoms with Crippen LogP contribution in [0.5, 0.6) is 0 Å². The van der Waals surface area contributed by atoms with Crippen LogP contribution >= 0.6 is 0 Å². The molecule has 3 rings (SSSR count). The Balaban J connectivity index is 1.79. The number of hydrogen-bond acceptors (Lipinski definition) is 4. The van der Waals surface area contributed by atoms with E-state index in [2.05, 4.69) is 28.8 Å². The molecule has 2 aromatic rings. The van der Waals surface area contributed by atoms with E-state index in [1.165, 1.54) is 5.69 Å². The summed E-state index contributed by atoms with van der Waals surface area (Å²) in [6, 6.07) is 6.30. The Morgan fingerprint density at radius 3 is 2.88 bits per heavy atom. The third kappa shape index (κ3) is 3.58. The Morgan fingerprint density at radius 2 is 2.20 bits per heavy atom. The quantitative estimate of drug-likeness (QED) is 0.837. The van der Waals surface area contributed by atoms with E-state index in [0.29, 0.717) is 18.3 Å². The number of aromatic nitrogens is 3. The summed E-state index contributed by atoms with van der Waals surface area (Å²) in [5, 5.41) is 4.55. The second-order valence-corrected chi connectivity index (χ2v) is 6.86. The fraction of sp³-hybridized carbons (Fsp3) is 0.526. The first-order valence-electron chi connectivity index (χ1n) is 8.95. The molecule has 0 bridgehead atoms. The number of pyridine rings is 1. The van der Waals surface area contributed by atoms with Gasteiger partial charge in [0, 0.05) is 45.0 Å². The zero-order valence-corrected chi connectivity index (χ0v) is 15.6. The zero-order chi connectivity index (χ0) is 18.0. The Morgan fingerprint density at radius 1 is 1.40 bits per heavy atom. The summed E-state index contributed by atoms with van der Waals surface area (Å²) < 4.78 is 1.88. The highest BCUT2D eigenvalue weighted by molar-refractivity contribution is 5.93. The molecule has 0 aromatic carbocycles. The third-order valence-corrected chi connectivity index (χ3v) is 5.17. The SMILES string of the molecule is CCC(C)N1CCc2c(C(=O)N(C)Cc3ccccn3)nn(C)c2C1. The van der Waals surface area contributed by atoms with Crippen LogP contribution in [0, 0.1) is 0 Å². The molecule has 0 aliphatic carbocycles. The summed E-state index contributed by atoms with van der Waals surface area (Å²) in [6.45, 7) is 6.81. The van der Waals surface area contributed by atoms with Gasteiger partial charge >= 0.3 is 0 Å². The molecule has 6 heteroatoms. The molecule has 0 saturated carbocycles. The predicted molar refractivity (Wildman–Crippen MR) is 97.1 cm³/mol. The van der Waals surface area contributed by atoms with Gasteiger partial charge in [-0.05, 0) is 31.9 Å². The van der Waals surface area contributed by atoms with Gasteiger partial charge in [-0.2, -0.15) is 5.10 Å². The highest BCUT2D eigenvalue weighted by Gasteiger charge is 2.29. The van der Waals surface area contributed by atoms with Crippen molar-refractivity contribution in [1.29, 1.82) is 0 Å². The van der Waals surface area contributed by atoms with Gasteiger partial charge in [-0.25, -0.2) is 0 Å². The Bertz CT molecular complexity index is 740. The molecular weight excluding hydrogens is 314 g/mol. The molecule has 0 saturated heterocycles. The van der Waals surface area contributed by atoms with Crippen molar-refractivity contribution in [1.82, 2.24) is 24.6 Å². The minimum absolute atomic E-state index is 0.0282. The summed E-state index contributed by atoms with van der Waals surface area (Å²) in [4.78, 5) is 21.4. The van der Waals surface area contributed by atoms with Gasteiger partial charge in [0.1, 0.15) is 0 Å². The van der Waals surface area contributed by atoms with Crippen molar-refractivity contribution in [2.24, 2.45) is 7.05 Å². The van der Waals surface area contributed by atoms with E-state index in [1.807, 2.05) is 37.0 Å². The van der Waals surface area contributed by atoms with Crippen LogP contribution in [-0.4, -0.2) is 50.1 Å². The minimum atomic E-state index is -0.0282. The summed E-state index contributed by atoms with van der Waals surface area (Å²) in [5.74, 6) is -0.0282. The second-order valence-electron chi connectivity index (χ2n) is 6.86. The van der Waals surface area contributed by atoms with Crippen LogP contribution in [0.15, 0.2) is 24.4 Å². The van der Waals surface area contributed by atoms with Crippen LogP contribution in [-0.2, 0) is 26.6 Å². The molecule has 0 spiro atoms. The number of carbonyl (C=O) groups excluding carboxylic acids is 1. The van der Waals surface area contributed by atoms with E-state index in [0.717, 1.165) is 37.2 Å². The average Bonchev–Trinajstić information content (AvgIpc) is 2.97. The summed E-state index contributed by atoms with van der Waals surface area (Å²) in [5.41, 5.74) is 3.76. The smallest absolute Gasteiger partial charge is 0.274 e. The largest absolute Gasteiger partial charge is 0.334 e. The number of carbonyl (C=O) groups is 1. The van der Waals surface area contributed by atoms with E-state index < -0.39 is 0 Å². The van der Waals surface area contributed by atoms with Crippen LogP contribution in [0.2, 0.25) is 0 Å². The zero-order valence-electron chi connectivity index (χ0n) is 15.6. The van der Waals surface area contributed by atoms with E-state index in [1.54, 1.807) is 11.1 Å². The van der Waals surface area contributed by atoms with Crippen molar-refractivity contribution >= 4 is 5.91 Å². The molecule has 6 nitrogen and oxygen atoms in total. The molecule has 1 aliphatic rings. The summed E-state index contributed by atoms with van der Waals surface area (Å²) in [7, 11) is 3.75. The molecule has 1 atom stereocenters. The molecule has 0 N–H and O–H groups in total. The lowest BCUT2D eigenvalue weighted by Gasteiger charge is -2.32. The second kappa shape index (κ2) is 7.35. The molecule has 134 valence electrons. The van der Waals surface area contributed by atoms with Gasteiger partial charge in [-0.3, -0.25) is 19.4 Å². The van der Waals surface area contributed by atoms with Gasteiger partial charge < -0.3 is 4.90 Å². The fourth-order valence-electron chi connectivity index (χ4n) is 3.38. The lowest BCUT2D eigenvalue weighted by Crippen LogP contribution is -2.38. The fourth-order valence-corrected chi connectivity index (χ4v) is 3.38. The van der Waals surface area contributed by atoms with Gasteiger partial charge in [0.15, 0.2) is 5.69 Å². The first-order valence-corrected chi connectivity index (χ1v) is 8.95. The van der Waals surface area contributed by atoms with Crippen molar-refractivity contribution < 1.29 is 4.79 Å². The van der Waals surface area contributed by atoms with Crippen molar-refractivity contribution in [2.75, 3.05) is 13.6 Å². The highest BCUT2D eigenvalue weighted by atomic mass is 16.2. The summed E-state index contributed by atoms with van der Waals surface area (Å²) in [6.07, 6.45) is 3.76. The lowest BCUT2D eigenvalue weighted by atomic mass is 10.0. The van der Waals surface area contributed by atoms with Gasteiger partial charge in [0.2, 0.25) is 0 Å². The number of nitrogens with zero attached hydrogens (tertiary/aromatic N) is 5. The van der Waals surface area contributed by atoms with Crippen LogP contribution in [0.1, 0.15) is 47.7 Å². The molecule has 1 amide bonds. The maximum Gasteiger partial charge on any atom is 0.274 e. The van der Waals surface area contributed by atoms with Crippen LogP contribution in [0.3, 0.4) is 0 Å². The van der Waals surface area contributed by atoms with Gasteiger partial charge in [-0.1, -0.05) is 13.0 Å². The maximum absolute atomic E-state index is 12.9. The van der Waals surface area contributed by atoms with Crippen LogP contribution in [0.4, 0.5) is 0 Å². The monoisotopic (exact) mass is 341 g/mol. The van der Waals surface area contributed by atoms with E-state index in [4.69, 9.17) is 0 Å². The maximum atomic E-state index is 12.9. The number of hydrogen-bond donors (Lipinski definition) is 0. The van der Waals surface area contributed by atoms with Gasteiger partial charge in [-0.15, -0.1) is 0 Å². The Kier molecular flexibility index (Phi) is 5.18. The molecule has 1 unspecified atom stereocenters. The first kappa shape index (κ1) is 17.6. The average molecular weight is 341 g/mol. The van der Waals surface area contributed by atoms with Crippen molar-refractivity contribution in [3.8, 4) is 0 Å². The molecule has 0 fully saturated rings. The molecule has 25 heavy (non-hydrogen) atoms. The van der Waals surface area contributed by atoms with Crippen molar-refractivity contribution in [3.63, 3.8) is 0 Å². The number of rotatable bonds is 5. The molecular formula is C19H27N5O. The Hall–Kier alpha value is -2.21. The molecule has 3 heterocycles. The summed E-state index contributed by atoms with van der Waals surface area (Å²) >= 11 is 0. The lowest BCUT2D eigenvalue weighted by molar-refractivity contribution is 0.0775. The van der Waals surface area contributed by atoms with Crippen LogP contribution < -0.4 is 0 Å². The minimum Gasteiger partial charge on any atom is -0.334 e. The van der Waals surface area contributed by atoms with Gasteiger partial charge in [0.25, 0.3) is 5.91 Å². The number of amides is 1. The Labute approximate surface area is 149 Å². The first-order chi connectivity index (χ1) is 12.0. The van der Waals surface area contributed by atoms with Crippen LogP contribution in [0.25, 0.3) is 0 Å².